The van der Waals surface area contributed by atoms with Gasteiger partial charge in [-0.05, 0) is 31.2 Å². The van der Waals surface area contributed by atoms with Crippen LogP contribution in [0.4, 0.5) is 5.69 Å². The van der Waals surface area contributed by atoms with Crippen molar-refractivity contribution >= 4 is 21.7 Å². The first kappa shape index (κ1) is 15.8. The summed E-state index contributed by atoms with van der Waals surface area (Å²) in [6.45, 7) is 3.63. The van der Waals surface area contributed by atoms with Gasteiger partial charge in [0.15, 0.2) is 0 Å². The van der Waals surface area contributed by atoms with Crippen LogP contribution >= 0.6 is 0 Å². The number of anilines is 1. The number of ether oxygens (including phenoxy) is 1. The van der Waals surface area contributed by atoms with Crippen molar-refractivity contribution in [1.29, 1.82) is 0 Å². The summed E-state index contributed by atoms with van der Waals surface area (Å²) in [6, 6.07) is 7.07. The number of esters is 1. The van der Waals surface area contributed by atoms with E-state index in [1.165, 1.54) is 17.7 Å². The van der Waals surface area contributed by atoms with Crippen molar-refractivity contribution in [3.05, 3.63) is 29.8 Å². The van der Waals surface area contributed by atoms with Gasteiger partial charge in [-0.1, -0.05) is 0 Å². The van der Waals surface area contributed by atoms with E-state index in [0.717, 1.165) is 5.69 Å². The van der Waals surface area contributed by atoms with E-state index in [9.17, 15) is 13.2 Å². The zero-order valence-electron chi connectivity index (χ0n) is 12.4. The highest BCUT2D eigenvalue weighted by molar-refractivity contribution is 7.88. The molecule has 21 heavy (non-hydrogen) atoms. The van der Waals surface area contributed by atoms with E-state index in [1.54, 1.807) is 12.1 Å². The number of carbonyl (C=O) groups is 1. The van der Waals surface area contributed by atoms with Gasteiger partial charge in [0.25, 0.3) is 0 Å². The molecule has 116 valence electrons. The van der Waals surface area contributed by atoms with Gasteiger partial charge in [0.1, 0.15) is 0 Å². The Morgan fingerprint density at radius 1 is 1.24 bits per heavy atom. The molecule has 0 unspecified atom stereocenters. The molecule has 0 amide bonds. The number of methoxy groups -OCH3 is 1. The number of sulfonamides is 1. The standard InChI is InChI=1S/C14H20N2O4S/c1-11-10-15(8-9-16(11)21(3,18)19)13-6-4-12(5-7-13)14(17)20-2/h4-7,11H,8-10H2,1-3H3/t11-/m0/s1. The third-order valence-electron chi connectivity index (χ3n) is 3.65. The van der Waals surface area contributed by atoms with Crippen molar-refractivity contribution in [2.24, 2.45) is 0 Å². The zero-order valence-corrected chi connectivity index (χ0v) is 13.3. The van der Waals surface area contributed by atoms with Gasteiger partial charge in [0.05, 0.1) is 18.9 Å². The fourth-order valence-corrected chi connectivity index (χ4v) is 3.73. The molecule has 0 bridgehead atoms. The first-order valence-corrected chi connectivity index (χ1v) is 8.58. The predicted molar refractivity (Wildman–Crippen MR) is 81.0 cm³/mol. The molecule has 0 aliphatic carbocycles. The van der Waals surface area contributed by atoms with Crippen LogP contribution in [0.2, 0.25) is 0 Å². The summed E-state index contributed by atoms with van der Waals surface area (Å²) in [6.07, 6.45) is 1.24. The van der Waals surface area contributed by atoms with Gasteiger partial charge < -0.3 is 9.64 Å². The van der Waals surface area contributed by atoms with Gasteiger partial charge >= 0.3 is 5.97 Å². The topological polar surface area (TPSA) is 66.9 Å². The maximum atomic E-state index is 11.6. The van der Waals surface area contributed by atoms with Gasteiger partial charge in [-0.25, -0.2) is 13.2 Å². The molecule has 0 radical (unpaired) electrons. The molecular formula is C14H20N2O4S. The number of hydrogen-bond acceptors (Lipinski definition) is 5. The maximum absolute atomic E-state index is 11.6. The van der Waals surface area contributed by atoms with Crippen molar-refractivity contribution < 1.29 is 17.9 Å². The molecule has 1 aromatic rings. The van der Waals surface area contributed by atoms with E-state index < -0.39 is 10.0 Å². The molecule has 0 N–H and O–H groups in total. The number of benzene rings is 1. The van der Waals surface area contributed by atoms with Gasteiger partial charge in [-0.15, -0.1) is 0 Å². The van der Waals surface area contributed by atoms with Crippen LogP contribution in [-0.4, -0.2) is 57.7 Å². The molecule has 1 aliphatic rings. The number of piperazine rings is 1. The Balaban J connectivity index is 2.09. The molecule has 1 aliphatic heterocycles. The largest absolute Gasteiger partial charge is 0.465 e. The van der Waals surface area contributed by atoms with Gasteiger partial charge in [0.2, 0.25) is 10.0 Å². The van der Waals surface area contributed by atoms with Crippen molar-refractivity contribution in [3.63, 3.8) is 0 Å². The molecule has 0 spiro atoms. The monoisotopic (exact) mass is 312 g/mol. The third kappa shape index (κ3) is 3.54. The van der Waals surface area contributed by atoms with E-state index >= 15 is 0 Å². The second-order valence-electron chi connectivity index (χ2n) is 5.21. The minimum Gasteiger partial charge on any atom is -0.465 e. The van der Waals surface area contributed by atoms with Crippen molar-refractivity contribution in [2.45, 2.75) is 13.0 Å². The highest BCUT2D eigenvalue weighted by Crippen LogP contribution is 2.21. The van der Waals surface area contributed by atoms with Crippen LogP contribution in [0.15, 0.2) is 24.3 Å². The van der Waals surface area contributed by atoms with E-state index in [-0.39, 0.29) is 12.0 Å². The third-order valence-corrected chi connectivity index (χ3v) is 5.04. The fourth-order valence-electron chi connectivity index (χ4n) is 2.59. The zero-order chi connectivity index (χ0) is 15.6. The van der Waals surface area contributed by atoms with Crippen LogP contribution in [-0.2, 0) is 14.8 Å². The van der Waals surface area contributed by atoms with Gasteiger partial charge in [-0.2, -0.15) is 4.31 Å². The summed E-state index contributed by atoms with van der Waals surface area (Å²) in [5.41, 5.74) is 1.48. The maximum Gasteiger partial charge on any atom is 0.337 e. The molecule has 0 saturated carbocycles. The molecule has 6 nitrogen and oxygen atoms in total. The smallest absolute Gasteiger partial charge is 0.337 e. The lowest BCUT2D eigenvalue weighted by atomic mass is 10.1. The predicted octanol–water partition coefficient (Wildman–Crippen LogP) is 0.943. The Labute approximate surface area is 125 Å². The molecule has 0 aromatic heterocycles. The minimum absolute atomic E-state index is 0.0750. The van der Waals surface area contributed by atoms with Gasteiger partial charge in [-0.3, -0.25) is 0 Å². The Kier molecular flexibility index (Phi) is 4.53. The lowest BCUT2D eigenvalue weighted by molar-refractivity contribution is 0.0600. The molecule has 7 heteroatoms. The molecule has 1 saturated heterocycles. The first-order chi connectivity index (χ1) is 9.82. The lowest BCUT2D eigenvalue weighted by Crippen LogP contribution is -2.53. The Bertz CT molecular complexity index is 612. The number of rotatable bonds is 3. The van der Waals surface area contributed by atoms with E-state index in [2.05, 4.69) is 9.64 Å². The van der Waals surface area contributed by atoms with Gasteiger partial charge in [0, 0.05) is 31.4 Å². The number of carbonyl (C=O) groups excluding carboxylic acids is 1. The number of hydrogen-bond donors (Lipinski definition) is 0. The van der Waals surface area contributed by atoms with Crippen LogP contribution in [0.3, 0.4) is 0 Å². The molecule has 1 heterocycles. The summed E-state index contributed by atoms with van der Waals surface area (Å²) < 4.78 is 29.5. The Morgan fingerprint density at radius 2 is 1.86 bits per heavy atom. The quantitative estimate of drug-likeness (QED) is 0.777. The highest BCUT2D eigenvalue weighted by Gasteiger charge is 2.29. The number of nitrogens with zero attached hydrogens (tertiary/aromatic N) is 2. The second-order valence-corrected chi connectivity index (χ2v) is 7.14. The van der Waals surface area contributed by atoms with Crippen molar-refractivity contribution in [3.8, 4) is 0 Å². The van der Waals surface area contributed by atoms with E-state index in [1.807, 2.05) is 19.1 Å². The summed E-state index contributed by atoms with van der Waals surface area (Å²) >= 11 is 0. The highest BCUT2D eigenvalue weighted by atomic mass is 32.2. The summed E-state index contributed by atoms with van der Waals surface area (Å²) in [5.74, 6) is -0.364. The summed E-state index contributed by atoms with van der Waals surface area (Å²) in [7, 11) is -1.81. The van der Waals surface area contributed by atoms with Crippen molar-refractivity contribution in [1.82, 2.24) is 4.31 Å². The SMILES string of the molecule is COC(=O)c1ccc(N2CCN(S(C)(=O)=O)[C@@H](C)C2)cc1. The molecule has 2 rings (SSSR count). The average Bonchev–Trinajstić information content (AvgIpc) is 2.45. The van der Waals surface area contributed by atoms with Crippen molar-refractivity contribution in [2.75, 3.05) is 37.9 Å². The van der Waals surface area contributed by atoms with Crippen LogP contribution in [0.25, 0.3) is 0 Å². The summed E-state index contributed by atoms with van der Waals surface area (Å²) in [5, 5.41) is 0. The van der Waals surface area contributed by atoms with Crippen LogP contribution in [0, 0.1) is 0 Å². The first-order valence-electron chi connectivity index (χ1n) is 6.73. The lowest BCUT2D eigenvalue weighted by Gasteiger charge is -2.39. The minimum atomic E-state index is -3.16. The molecule has 1 fully saturated rings. The Morgan fingerprint density at radius 3 is 2.33 bits per heavy atom. The second kappa shape index (κ2) is 6.03. The molecule has 1 atom stereocenters. The average molecular weight is 312 g/mol. The van der Waals surface area contributed by atoms with Crippen LogP contribution in [0.1, 0.15) is 17.3 Å². The summed E-state index contributed by atoms with van der Waals surface area (Å²) in [4.78, 5) is 13.5. The fraction of sp³-hybridized carbons (Fsp3) is 0.500. The molecular weight excluding hydrogens is 292 g/mol. The van der Waals surface area contributed by atoms with E-state index in [0.29, 0.717) is 25.2 Å². The molecule has 1 aromatic carbocycles. The normalized spacial score (nSPS) is 20.3. The van der Waals surface area contributed by atoms with Crippen LogP contribution < -0.4 is 4.90 Å². The van der Waals surface area contributed by atoms with E-state index in [4.69, 9.17) is 0 Å². The van der Waals surface area contributed by atoms with Crippen LogP contribution in [0.5, 0.6) is 0 Å². The Hall–Kier alpha value is -1.60.